The van der Waals surface area contributed by atoms with Crippen LogP contribution in [0, 0.1) is 0 Å². The number of piperazine rings is 1. The summed E-state index contributed by atoms with van der Waals surface area (Å²) >= 11 is 14.6. The number of rotatable bonds is 3. The van der Waals surface area contributed by atoms with Gasteiger partial charge in [0.1, 0.15) is 0 Å². The summed E-state index contributed by atoms with van der Waals surface area (Å²) in [4.78, 5) is 5.13. The molecule has 2 heterocycles. The highest BCUT2D eigenvalue weighted by Gasteiger charge is 2.30. The van der Waals surface area contributed by atoms with Gasteiger partial charge in [0.25, 0.3) is 0 Å². The largest absolute Gasteiger partial charge is 0.294 e. The van der Waals surface area contributed by atoms with E-state index in [-0.39, 0.29) is 6.04 Å². The van der Waals surface area contributed by atoms with E-state index in [1.165, 1.54) is 20.9 Å². The molecule has 1 fully saturated rings. The fourth-order valence-electron chi connectivity index (χ4n) is 4.27. The first-order valence-electron chi connectivity index (χ1n) is 10.5. The molecule has 0 spiro atoms. The molecule has 1 unspecified atom stereocenters. The standard InChI is InChI=1S/C25H23Cl2N3S/c26-20-6-8-24-19(14-20)15-23(22-16-21(27)7-9-25(22)31-24)29-10-12-30(13-11-29)28-17-18-4-2-1-3-5-18/h1-9,14,16-17,23H,10-13,15H2/b28-17+. The van der Waals surface area contributed by atoms with Crippen LogP contribution in [0.15, 0.2) is 81.6 Å². The second-order valence-corrected chi connectivity index (χ2v) is 9.86. The Morgan fingerprint density at radius 1 is 0.839 bits per heavy atom. The van der Waals surface area contributed by atoms with E-state index in [4.69, 9.17) is 28.3 Å². The van der Waals surface area contributed by atoms with Crippen molar-refractivity contribution in [2.45, 2.75) is 22.3 Å². The Morgan fingerprint density at radius 2 is 1.55 bits per heavy atom. The van der Waals surface area contributed by atoms with Crippen molar-refractivity contribution in [1.82, 2.24) is 9.91 Å². The van der Waals surface area contributed by atoms with Gasteiger partial charge in [-0.15, -0.1) is 0 Å². The van der Waals surface area contributed by atoms with Gasteiger partial charge >= 0.3 is 0 Å². The third-order valence-electron chi connectivity index (χ3n) is 5.89. The summed E-state index contributed by atoms with van der Waals surface area (Å²) in [5, 5.41) is 8.45. The SMILES string of the molecule is Clc1ccc2c(c1)CC(N1CCN(/N=C/c3ccccc3)CC1)c1cc(Cl)ccc1S2. The molecule has 0 aromatic heterocycles. The Labute approximate surface area is 197 Å². The zero-order chi connectivity index (χ0) is 21.2. The molecule has 0 N–H and O–H groups in total. The molecule has 0 bridgehead atoms. The number of hydrogen-bond acceptors (Lipinski definition) is 4. The first-order chi connectivity index (χ1) is 15.2. The van der Waals surface area contributed by atoms with Crippen LogP contribution in [0.3, 0.4) is 0 Å². The van der Waals surface area contributed by atoms with Crippen LogP contribution in [0.25, 0.3) is 0 Å². The molecule has 0 amide bonds. The molecule has 3 nitrogen and oxygen atoms in total. The number of nitrogens with zero attached hydrogens (tertiary/aromatic N) is 3. The van der Waals surface area contributed by atoms with Crippen LogP contribution in [-0.2, 0) is 6.42 Å². The van der Waals surface area contributed by atoms with Crippen molar-refractivity contribution in [2.75, 3.05) is 26.2 Å². The Hall–Kier alpha value is -1.98. The van der Waals surface area contributed by atoms with Gasteiger partial charge in [0.2, 0.25) is 0 Å². The maximum absolute atomic E-state index is 6.42. The molecule has 2 aliphatic rings. The first-order valence-corrected chi connectivity index (χ1v) is 12.1. The van der Waals surface area contributed by atoms with Gasteiger partial charge in [-0.2, -0.15) is 5.10 Å². The number of halogens is 2. The van der Waals surface area contributed by atoms with Gasteiger partial charge in [0.15, 0.2) is 0 Å². The normalized spacial score (nSPS) is 19.2. The number of hydrazone groups is 1. The van der Waals surface area contributed by atoms with Gasteiger partial charge in [0.05, 0.1) is 6.21 Å². The molecule has 3 aromatic carbocycles. The predicted octanol–water partition coefficient (Wildman–Crippen LogP) is 6.39. The molecule has 1 atom stereocenters. The lowest BCUT2D eigenvalue weighted by Crippen LogP contribution is -2.46. The van der Waals surface area contributed by atoms with Crippen molar-refractivity contribution in [1.29, 1.82) is 0 Å². The smallest absolute Gasteiger partial charge is 0.0542 e. The fourth-order valence-corrected chi connectivity index (χ4v) is 5.74. The average Bonchev–Trinajstić information content (AvgIpc) is 2.95. The quantitative estimate of drug-likeness (QED) is 0.415. The van der Waals surface area contributed by atoms with Crippen LogP contribution in [0.2, 0.25) is 10.0 Å². The third kappa shape index (κ3) is 4.78. The zero-order valence-electron chi connectivity index (χ0n) is 17.0. The minimum atomic E-state index is 0.279. The van der Waals surface area contributed by atoms with Gasteiger partial charge in [-0.1, -0.05) is 65.3 Å². The topological polar surface area (TPSA) is 18.8 Å². The van der Waals surface area contributed by atoms with E-state index in [9.17, 15) is 0 Å². The third-order valence-corrected chi connectivity index (χ3v) is 7.57. The molecule has 1 saturated heterocycles. The molecule has 0 saturated carbocycles. The van der Waals surface area contributed by atoms with E-state index in [0.29, 0.717) is 0 Å². The molecule has 6 heteroatoms. The van der Waals surface area contributed by atoms with Gasteiger partial charge in [-0.25, -0.2) is 0 Å². The monoisotopic (exact) mass is 467 g/mol. The second-order valence-electron chi connectivity index (χ2n) is 7.90. The van der Waals surface area contributed by atoms with E-state index < -0.39 is 0 Å². The van der Waals surface area contributed by atoms with Crippen molar-refractivity contribution in [2.24, 2.45) is 5.10 Å². The Morgan fingerprint density at radius 3 is 2.32 bits per heavy atom. The molecule has 2 aliphatic heterocycles. The van der Waals surface area contributed by atoms with Crippen LogP contribution >= 0.6 is 35.0 Å². The van der Waals surface area contributed by atoms with Crippen molar-refractivity contribution in [3.63, 3.8) is 0 Å². The van der Waals surface area contributed by atoms with Gasteiger partial charge in [-0.3, -0.25) is 9.91 Å². The fraction of sp³-hybridized carbons (Fsp3) is 0.240. The summed E-state index contributed by atoms with van der Waals surface area (Å²) in [5.74, 6) is 0. The minimum Gasteiger partial charge on any atom is -0.294 e. The number of hydrogen-bond donors (Lipinski definition) is 0. The van der Waals surface area contributed by atoms with Gasteiger partial charge in [-0.05, 0) is 59.5 Å². The van der Waals surface area contributed by atoms with Crippen LogP contribution < -0.4 is 0 Å². The summed E-state index contributed by atoms with van der Waals surface area (Å²) in [7, 11) is 0. The highest BCUT2D eigenvalue weighted by molar-refractivity contribution is 7.99. The van der Waals surface area contributed by atoms with E-state index in [1.807, 2.05) is 48.3 Å². The van der Waals surface area contributed by atoms with E-state index in [1.54, 1.807) is 0 Å². The molecule has 0 aliphatic carbocycles. The van der Waals surface area contributed by atoms with Crippen LogP contribution in [0.5, 0.6) is 0 Å². The highest BCUT2D eigenvalue weighted by Crippen LogP contribution is 2.44. The van der Waals surface area contributed by atoms with Crippen molar-refractivity contribution >= 4 is 41.2 Å². The highest BCUT2D eigenvalue weighted by atomic mass is 35.5. The van der Waals surface area contributed by atoms with E-state index in [0.717, 1.165) is 48.2 Å². The summed E-state index contributed by atoms with van der Waals surface area (Å²) in [5.41, 5.74) is 3.74. The predicted molar refractivity (Wildman–Crippen MR) is 131 cm³/mol. The maximum atomic E-state index is 6.42. The molecule has 5 rings (SSSR count). The lowest BCUT2D eigenvalue weighted by atomic mass is 9.96. The maximum Gasteiger partial charge on any atom is 0.0542 e. The molecule has 31 heavy (non-hydrogen) atoms. The first kappa shape index (κ1) is 20.9. The Balaban J connectivity index is 1.37. The molecule has 158 valence electrons. The average molecular weight is 468 g/mol. The van der Waals surface area contributed by atoms with E-state index in [2.05, 4.69) is 46.3 Å². The van der Waals surface area contributed by atoms with E-state index >= 15 is 0 Å². The summed E-state index contributed by atoms with van der Waals surface area (Å²) in [6.07, 6.45) is 2.88. The Kier molecular flexibility index (Phi) is 6.24. The Bertz CT molecular complexity index is 1100. The lowest BCUT2D eigenvalue weighted by molar-refractivity contribution is 0.0971. The minimum absolute atomic E-state index is 0.279. The number of benzene rings is 3. The molecule has 0 radical (unpaired) electrons. The second kappa shape index (κ2) is 9.25. The van der Waals surface area contributed by atoms with Crippen molar-refractivity contribution in [3.05, 3.63) is 93.5 Å². The van der Waals surface area contributed by atoms with Crippen LogP contribution in [0.4, 0.5) is 0 Å². The van der Waals surface area contributed by atoms with Crippen LogP contribution in [-0.4, -0.2) is 42.3 Å². The molecular weight excluding hydrogens is 445 g/mol. The van der Waals surface area contributed by atoms with Gasteiger partial charge in [0, 0.05) is 52.1 Å². The summed E-state index contributed by atoms with van der Waals surface area (Å²) < 4.78 is 0. The van der Waals surface area contributed by atoms with Crippen molar-refractivity contribution in [3.8, 4) is 0 Å². The number of fused-ring (bicyclic) bond motifs is 2. The molecular formula is C25H23Cl2N3S. The molecule has 3 aromatic rings. The summed E-state index contributed by atoms with van der Waals surface area (Å²) in [6.45, 7) is 3.74. The van der Waals surface area contributed by atoms with Crippen molar-refractivity contribution < 1.29 is 0 Å². The van der Waals surface area contributed by atoms with Crippen LogP contribution in [0.1, 0.15) is 22.7 Å². The van der Waals surface area contributed by atoms with Gasteiger partial charge < -0.3 is 0 Å². The summed E-state index contributed by atoms with van der Waals surface area (Å²) in [6, 6.07) is 23.0. The lowest BCUT2D eigenvalue weighted by Gasteiger charge is -2.38. The zero-order valence-corrected chi connectivity index (χ0v) is 19.4.